The monoisotopic (exact) mass is 303 g/mol. The lowest BCUT2D eigenvalue weighted by molar-refractivity contribution is -0.129. The third-order valence-electron chi connectivity index (χ3n) is 3.65. The number of rotatable bonds is 1. The van der Waals surface area contributed by atoms with Crippen molar-refractivity contribution in [3.63, 3.8) is 0 Å². The van der Waals surface area contributed by atoms with E-state index in [1.165, 1.54) is 0 Å². The van der Waals surface area contributed by atoms with Crippen LogP contribution in [0, 0.1) is 11.8 Å². The lowest BCUT2D eigenvalue weighted by Gasteiger charge is -2.14. The third kappa shape index (κ3) is 3.00. The minimum atomic E-state index is -0.725. The van der Waals surface area contributed by atoms with Crippen LogP contribution >= 0.6 is 0 Å². The second-order valence-electron chi connectivity index (χ2n) is 5.91. The number of pyridine rings is 1. The van der Waals surface area contributed by atoms with Crippen molar-refractivity contribution in [3.8, 4) is 11.8 Å². The number of benzene rings is 1. The fourth-order valence-electron chi connectivity index (χ4n) is 2.39. The van der Waals surface area contributed by atoms with Crippen LogP contribution in [0.1, 0.15) is 30.7 Å². The van der Waals surface area contributed by atoms with Crippen molar-refractivity contribution < 1.29 is 4.79 Å². The first-order chi connectivity index (χ1) is 11.0. The summed E-state index contributed by atoms with van der Waals surface area (Å²) in [6.45, 7) is 3.61. The molecule has 23 heavy (non-hydrogen) atoms. The lowest BCUT2D eigenvalue weighted by atomic mass is 10.1. The van der Waals surface area contributed by atoms with Gasteiger partial charge in [0, 0.05) is 24.4 Å². The molecule has 0 aliphatic carbocycles. The Morgan fingerprint density at radius 2 is 1.70 bits per heavy atom. The minimum Gasteiger partial charge on any atom is -0.296 e. The first kappa shape index (κ1) is 15.0. The molecule has 1 aromatic carbocycles. The summed E-state index contributed by atoms with van der Waals surface area (Å²) in [4.78, 5) is 22.5. The van der Waals surface area contributed by atoms with E-state index in [2.05, 4.69) is 21.8 Å². The zero-order valence-corrected chi connectivity index (χ0v) is 13.4. The van der Waals surface area contributed by atoms with Gasteiger partial charge in [-0.2, -0.15) is 0 Å². The predicted molar refractivity (Wildman–Crippen MR) is 90.0 cm³/mol. The maximum absolute atomic E-state index is 12.1. The number of amides is 1. The molecule has 1 aliphatic heterocycles. The molecule has 1 aromatic heterocycles. The van der Waals surface area contributed by atoms with Crippen molar-refractivity contribution in [3.05, 3.63) is 65.5 Å². The molecule has 0 radical (unpaired) electrons. The number of nitrogens with zero attached hydrogens (tertiary/aromatic N) is 3. The molecule has 114 valence electrons. The Bertz CT molecular complexity index is 824. The van der Waals surface area contributed by atoms with Crippen LogP contribution in [0.3, 0.4) is 0 Å². The average Bonchev–Trinajstić information content (AvgIpc) is 2.78. The summed E-state index contributed by atoms with van der Waals surface area (Å²) < 4.78 is 0. The third-order valence-corrected chi connectivity index (χ3v) is 3.65. The summed E-state index contributed by atoms with van der Waals surface area (Å²) in [5.41, 5.74) is 1.74. The molecule has 0 spiro atoms. The topological polar surface area (TPSA) is 45.6 Å². The fraction of sp³-hybridized carbons (Fsp3) is 0.211. The molecule has 4 heteroatoms. The maximum Gasteiger partial charge on any atom is 0.255 e. The van der Waals surface area contributed by atoms with Crippen LogP contribution in [0.25, 0.3) is 0 Å². The summed E-state index contributed by atoms with van der Waals surface area (Å²) in [5, 5.41) is 0. The van der Waals surface area contributed by atoms with Gasteiger partial charge in [0.2, 0.25) is 0 Å². The van der Waals surface area contributed by atoms with Crippen molar-refractivity contribution >= 4 is 11.7 Å². The molecule has 4 nitrogen and oxygen atoms in total. The van der Waals surface area contributed by atoms with Gasteiger partial charge in [-0.15, -0.1) is 0 Å². The Labute approximate surface area is 135 Å². The van der Waals surface area contributed by atoms with E-state index in [-0.39, 0.29) is 5.91 Å². The highest BCUT2D eigenvalue weighted by atomic mass is 16.2. The van der Waals surface area contributed by atoms with Gasteiger partial charge in [-0.25, -0.2) is 4.99 Å². The van der Waals surface area contributed by atoms with Gasteiger partial charge in [0.1, 0.15) is 11.2 Å². The van der Waals surface area contributed by atoms with Crippen LogP contribution in [0.5, 0.6) is 0 Å². The molecular weight excluding hydrogens is 286 g/mol. The number of carbonyl (C=O) groups excluding carboxylic acids is 1. The summed E-state index contributed by atoms with van der Waals surface area (Å²) >= 11 is 0. The molecule has 0 saturated heterocycles. The Kier molecular flexibility index (Phi) is 3.71. The number of amidine groups is 1. The predicted octanol–water partition coefficient (Wildman–Crippen LogP) is 2.48. The highest BCUT2D eigenvalue weighted by Crippen LogP contribution is 2.23. The van der Waals surface area contributed by atoms with E-state index in [4.69, 9.17) is 0 Å². The van der Waals surface area contributed by atoms with Gasteiger partial charge in [0.25, 0.3) is 5.91 Å². The fourth-order valence-corrected chi connectivity index (χ4v) is 2.39. The summed E-state index contributed by atoms with van der Waals surface area (Å²) in [6.07, 6.45) is 1.71. The van der Waals surface area contributed by atoms with Crippen molar-refractivity contribution in [1.29, 1.82) is 0 Å². The van der Waals surface area contributed by atoms with Crippen molar-refractivity contribution in [2.75, 3.05) is 7.05 Å². The van der Waals surface area contributed by atoms with E-state index in [1.54, 1.807) is 32.0 Å². The van der Waals surface area contributed by atoms with Crippen LogP contribution < -0.4 is 0 Å². The standard InChI is InChI=1S/C19H17N3O/c1-19(2)18(23)22(3)17(21-19)16-12-11-15(13-20-16)10-9-14-7-5-4-6-8-14/h4-8,11-13H,1-3H3. The number of carbonyl (C=O) groups is 1. The molecule has 1 amide bonds. The zero-order chi connectivity index (χ0) is 16.4. The Hall–Kier alpha value is -2.93. The number of hydrogen-bond donors (Lipinski definition) is 0. The average molecular weight is 303 g/mol. The van der Waals surface area contributed by atoms with E-state index in [9.17, 15) is 4.79 Å². The molecular formula is C19H17N3O. The van der Waals surface area contributed by atoms with E-state index >= 15 is 0 Å². The summed E-state index contributed by atoms with van der Waals surface area (Å²) in [6, 6.07) is 13.5. The van der Waals surface area contributed by atoms with Crippen LogP contribution in [-0.4, -0.2) is 34.2 Å². The maximum atomic E-state index is 12.1. The van der Waals surface area contributed by atoms with Crippen LogP contribution in [0.4, 0.5) is 0 Å². The summed E-state index contributed by atoms with van der Waals surface area (Å²) in [7, 11) is 1.72. The van der Waals surface area contributed by atoms with Gasteiger partial charge >= 0.3 is 0 Å². The largest absolute Gasteiger partial charge is 0.296 e. The van der Waals surface area contributed by atoms with Crippen molar-refractivity contribution in [1.82, 2.24) is 9.88 Å². The van der Waals surface area contributed by atoms with Gasteiger partial charge in [-0.05, 0) is 38.1 Å². The van der Waals surface area contributed by atoms with Crippen LogP contribution in [0.2, 0.25) is 0 Å². The Balaban J connectivity index is 1.84. The van der Waals surface area contributed by atoms with Gasteiger partial charge in [-0.3, -0.25) is 14.7 Å². The Morgan fingerprint density at radius 3 is 2.26 bits per heavy atom. The van der Waals surface area contributed by atoms with E-state index in [1.807, 2.05) is 42.5 Å². The van der Waals surface area contributed by atoms with Crippen molar-refractivity contribution in [2.24, 2.45) is 4.99 Å². The zero-order valence-electron chi connectivity index (χ0n) is 13.4. The smallest absolute Gasteiger partial charge is 0.255 e. The van der Waals surface area contributed by atoms with Gasteiger partial charge in [-0.1, -0.05) is 30.0 Å². The number of aliphatic imine (C=N–C) groups is 1. The second kappa shape index (κ2) is 5.69. The molecule has 2 heterocycles. The molecule has 0 bridgehead atoms. The Morgan fingerprint density at radius 1 is 1.00 bits per heavy atom. The van der Waals surface area contributed by atoms with Crippen LogP contribution in [-0.2, 0) is 4.79 Å². The highest BCUT2D eigenvalue weighted by Gasteiger charge is 2.39. The van der Waals surface area contributed by atoms with Gasteiger partial charge in [0.15, 0.2) is 5.84 Å². The van der Waals surface area contributed by atoms with Crippen LogP contribution in [0.15, 0.2) is 53.7 Å². The molecule has 0 atom stereocenters. The number of aromatic nitrogens is 1. The van der Waals surface area contributed by atoms with Gasteiger partial charge in [0.05, 0.1) is 0 Å². The second-order valence-corrected chi connectivity index (χ2v) is 5.91. The van der Waals surface area contributed by atoms with Gasteiger partial charge < -0.3 is 0 Å². The molecule has 2 aromatic rings. The number of likely N-dealkylation sites (N-methyl/N-ethyl adjacent to an activating group) is 1. The normalized spacial score (nSPS) is 15.9. The first-order valence-electron chi connectivity index (χ1n) is 7.39. The van der Waals surface area contributed by atoms with Crippen molar-refractivity contribution in [2.45, 2.75) is 19.4 Å². The molecule has 0 saturated carbocycles. The van der Waals surface area contributed by atoms with E-state index in [0.717, 1.165) is 11.1 Å². The molecule has 1 aliphatic rings. The molecule has 3 rings (SSSR count). The van der Waals surface area contributed by atoms with E-state index < -0.39 is 5.54 Å². The first-order valence-corrected chi connectivity index (χ1v) is 7.39. The highest BCUT2D eigenvalue weighted by molar-refractivity contribution is 6.13. The lowest BCUT2D eigenvalue weighted by Crippen LogP contribution is -2.36. The van der Waals surface area contributed by atoms with E-state index in [0.29, 0.717) is 11.5 Å². The minimum absolute atomic E-state index is 0.0257. The molecule has 0 N–H and O–H groups in total. The quantitative estimate of drug-likeness (QED) is 0.760. The molecule has 0 unspecified atom stereocenters. The molecule has 0 fully saturated rings. The SMILES string of the molecule is CN1C(=O)C(C)(C)N=C1c1ccc(C#Cc2ccccc2)cn1. The number of hydrogen-bond acceptors (Lipinski definition) is 3. The summed E-state index contributed by atoms with van der Waals surface area (Å²) in [5.74, 6) is 6.75.